The maximum absolute atomic E-state index is 12.9. The van der Waals surface area contributed by atoms with E-state index < -0.39 is 6.04 Å². The Morgan fingerprint density at radius 3 is 2.69 bits per heavy atom. The van der Waals surface area contributed by atoms with Crippen molar-refractivity contribution in [3.05, 3.63) is 59.2 Å². The van der Waals surface area contributed by atoms with Crippen LogP contribution in [-0.2, 0) is 9.53 Å². The lowest BCUT2D eigenvalue weighted by molar-refractivity contribution is -0.143. The van der Waals surface area contributed by atoms with Crippen molar-refractivity contribution in [1.29, 1.82) is 0 Å². The molecule has 134 valence electrons. The number of aromatic nitrogens is 2. The van der Waals surface area contributed by atoms with Gasteiger partial charge in [0.25, 0.3) is 0 Å². The molecular formula is C20H21N3O3. The van der Waals surface area contributed by atoms with Gasteiger partial charge in [0.1, 0.15) is 17.6 Å². The van der Waals surface area contributed by atoms with Crippen molar-refractivity contribution in [1.82, 2.24) is 9.55 Å². The van der Waals surface area contributed by atoms with Gasteiger partial charge in [-0.2, -0.15) is 0 Å². The number of carbonyl (C=O) groups excluding carboxylic acids is 1. The molecule has 1 atom stereocenters. The van der Waals surface area contributed by atoms with E-state index in [-0.39, 0.29) is 12.1 Å². The van der Waals surface area contributed by atoms with Crippen LogP contribution in [0.25, 0.3) is 11.0 Å². The van der Waals surface area contributed by atoms with Gasteiger partial charge < -0.3 is 14.5 Å². The number of para-hydroxylation sites is 2. The van der Waals surface area contributed by atoms with Crippen LogP contribution in [0.3, 0.4) is 0 Å². The first-order valence-corrected chi connectivity index (χ1v) is 8.67. The molecule has 3 aromatic rings. The SMILES string of the molecule is CC1=C(C(=O)OC(C)C)C(c2ccc(C)o2)n2c(nc3ccccc32)N1. The monoisotopic (exact) mass is 351 g/mol. The van der Waals surface area contributed by atoms with E-state index in [1.807, 2.05) is 68.7 Å². The summed E-state index contributed by atoms with van der Waals surface area (Å²) in [7, 11) is 0. The average molecular weight is 351 g/mol. The first-order valence-electron chi connectivity index (χ1n) is 8.67. The van der Waals surface area contributed by atoms with Crippen LogP contribution in [0.4, 0.5) is 5.95 Å². The normalized spacial score (nSPS) is 16.7. The van der Waals surface area contributed by atoms with E-state index in [0.29, 0.717) is 17.3 Å². The molecule has 0 amide bonds. The molecule has 0 radical (unpaired) electrons. The number of hydrogen-bond donors (Lipinski definition) is 1. The third-order valence-electron chi connectivity index (χ3n) is 4.42. The lowest BCUT2D eigenvalue weighted by Gasteiger charge is -2.29. The Morgan fingerprint density at radius 2 is 2.00 bits per heavy atom. The van der Waals surface area contributed by atoms with Crippen molar-refractivity contribution >= 4 is 23.0 Å². The molecule has 6 heteroatoms. The molecular weight excluding hydrogens is 330 g/mol. The highest BCUT2D eigenvalue weighted by Gasteiger charge is 2.37. The minimum absolute atomic E-state index is 0.206. The van der Waals surface area contributed by atoms with Crippen LogP contribution in [0.1, 0.15) is 38.3 Å². The van der Waals surface area contributed by atoms with E-state index in [1.165, 1.54) is 0 Å². The molecule has 0 saturated heterocycles. The van der Waals surface area contributed by atoms with E-state index in [1.54, 1.807) is 0 Å². The number of imidazole rings is 1. The summed E-state index contributed by atoms with van der Waals surface area (Å²) >= 11 is 0. The molecule has 1 aliphatic heterocycles. The molecule has 0 aliphatic carbocycles. The molecule has 0 bridgehead atoms. The van der Waals surface area contributed by atoms with Crippen molar-refractivity contribution in [2.45, 2.75) is 39.8 Å². The Morgan fingerprint density at radius 1 is 1.23 bits per heavy atom. The van der Waals surface area contributed by atoms with Crippen LogP contribution in [0.15, 0.2) is 52.1 Å². The molecule has 4 rings (SSSR count). The van der Waals surface area contributed by atoms with Gasteiger partial charge >= 0.3 is 5.97 Å². The van der Waals surface area contributed by atoms with Crippen LogP contribution in [0, 0.1) is 6.92 Å². The first kappa shape index (κ1) is 16.4. The minimum Gasteiger partial charge on any atom is -0.464 e. The molecule has 2 aromatic heterocycles. The Hall–Kier alpha value is -3.02. The summed E-state index contributed by atoms with van der Waals surface area (Å²) in [6.45, 7) is 7.44. The molecule has 0 fully saturated rings. The number of rotatable bonds is 3. The number of furan rings is 1. The molecule has 3 heterocycles. The number of carbonyl (C=O) groups is 1. The Balaban J connectivity index is 1.95. The maximum Gasteiger partial charge on any atom is 0.338 e. The number of nitrogens with zero attached hydrogens (tertiary/aromatic N) is 2. The molecule has 26 heavy (non-hydrogen) atoms. The van der Waals surface area contributed by atoms with E-state index in [4.69, 9.17) is 9.15 Å². The highest BCUT2D eigenvalue weighted by atomic mass is 16.5. The van der Waals surface area contributed by atoms with Gasteiger partial charge in [-0.1, -0.05) is 12.1 Å². The predicted octanol–water partition coefficient (Wildman–Crippen LogP) is 4.18. The van der Waals surface area contributed by atoms with E-state index in [2.05, 4.69) is 10.3 Å². The standard InChI is InChI=1S/C20H21N3O3/c1-11(2)25-19(24)17-13(4)21-20-22-14-7-5-6-8-15(14)23(20)18(17)16-10-9-12(3)26-16/h5-11,18H,1-4H3,(H,21,22). The second kappa shape index (κ2) is 6.05. The van der Waals surface area contributed by atoms with Gasteiger partial charge in [0.2, 0.25) is 5.95 Å². The largest absolute Gasteiger partial charge is 0.464 e. The molecule has 1 aromatic carbocycles. The predicted molar refractivity (Wildman–Crippen MR) is 98.9 cm³/mol. The lowest BCUT2D eigenvalue weighted by Crippen LogP contribution is -2.29. The minimum atomic E-state index is -0.432. The second-order valence-corrected chi connectivity index (χ2v) is 6.76. The molecule has 0 spiro atoms. The van der Waals surface area contributed by atoms with Crippen molar-refractivity contribution in [3.8, 4) is 0 Å². The van der Waals surface area contributed by atoms with Crippen molar-refractivity contribution < 1.29 is 13.9 Å². The molecule has 0 saturated carbocycles. The summed E-state index contributed by atoms with van der Waals surface area (Å²) in [5, 5.41) is 3.25. The first-order chi connectivity index (χ1) is 12.5. The summed E-state index contributed by atoms with van der Waals surface area (Å²) in [6, 6.07) is 11.2. The number of anilines is 1. The number of fused-ring (bicyclic) bond motifs is 3. The summed E-state index contributed by atoms with van der Waals surface area (Å²) in [5.41, 5.74) is 3.03. The van der Waals surface area contributed by atoms with Crippen LogP contribution >= 0.6 is 0 Å². The summed E-state index contributed by atoms with van der Waals surface area (Å²) < 4.78 is 13.4. The average Bonchev–Trinajstić information content (AvgIpc) is 3.15. The Labute approximate surface area is 151 Å². The molecule has 6 nitrogen and oxygen atoms in total. The highest BCUT2D eigenvalue weighted by Crippen LogP contribution is 2.40. The van der Waals surface area contributed by atoms with Gasteiger partial charge in [-0.25, -0.2) is 9.78 Å². The maximum atomic E-state index is 12.9. The van der Waals surface area contributed by atoms with Gasteiger partial charge in [0.05, 0.1) is 22.7 Å². The summed E-state index contributed by atoms with van der Waals surface area (Å²) in [4.78, 5) is 17.5. The number of benzene rings is 1. The zero-order chi connectivity index (χ0) is 18.4. The Bertz CT molecular complexity index is 1030. The fourth-order valence-electron chi connectivity index (χ4n) is 3.38. The van der Waals surface area contributed by atoms with E-state index >= 15 is 0 Å². The van der Waals surface area contributed by atoms with Gasteiger partial charge in [0.15, 0.2) is 0 Å². The number of allylic oxidation sites excluding steroid dienone is 1. The van der Waals surface area contributed by atoms with Crippen LogP contribution in [0.2, 0.25) is 0 Å². The zero-order valence-corrected chi connectivity index (χ0v) is 15.2. The number of hydrogen-bond acceptors (Lipinski definition) is 5. The van der Waals surface area contributed by atoms with Crippen molar-refractivity contribution in [2.24, 2.45) is 0 Å². The van der Waals surface area contributed by atoms with Crippen LogP contribution in [0.5, 0.6) is 0 Å². The van der Waals surface area contributed by atoms with E-state index in [0.717, 1.165) is 22.5 Å². The third kappa shape index (κ3) is 2.58. The van der Waals surface area contributed by atoms with Gasteiger partial charge in [-0.3, -0.25) is 4.57 Å². The van der Waals surface area contributed by atoms with Gasteiger partial charge in [-0.15, -0.1) is 0 Å². The summed E-state index contributed by atoms with van der Waals surface area (Å²) in [5.74, 6) is 1.80. The fraction of sp³-hybridized carbons (Fsp3) is 0.300. The van der Waals surface area contributed by atoms with Gasteiger partial charge in [0, 0.05) is 5.70 Å². The summed E-state index contributed by atoms with van der Waals surface area (Å²) in [6.07, 6.45) is -0.206. The number of ether oxygens (including phenoxy) is 1. The fourth-order valence-corrected chi connectivity index (χ4v) is 3.38. The topological polar surface area (TPSA) is 69.3 Å². The van der Waals surface area contributed by atoms with Crippen molar-refractivity contribution in [3.63, 3.8) is 0 Å². The van der Waals surface area contributed by atoms with Crippen LogP contribution in [-0.4, -0.2) is 21.6 Å². The van der Waals surface area contributed by atoms with E-state index in [9.17, 15) is 4.79 Å². The Kier molecular flexibility index (Phi) is 3.83. The highest BCUT2D eigenvalue weighted by molar-refractivity contribution is 5.94. The smallest absolute Gasteiger partial charge is 0.338 e. The molecule has 1 aliphatic rings. The lowest BCUT2D eigenvalue weighted by atomic mass is 10.00. The van der Waals surface area contributed by atoms with Crippen molar-refractivity contribution in [2.75, 3.05) is 5.32 Å². The number of nitrogens with one attached hydrogen (secondary N) is 1. The van der Waals surface area contributed by atoms with Crippen LogP contribution < -0.4 is 5.32 Å². The quantitative estimate of drug-likeness (QED) is 0.717. The number of esters is 1. The third-order valence-corrected chi connectivity index (χ3v) is 4.42. The zero-order valence-electron chi connectivity index (χ0n) is 15.2. The van der Waals surface area contributed by atoms with Gasteiger partial charge in [-0.05, 0) is 52.0 Å². The molecule has 1 unspecified atom stereocenters. The molecule has 1 N–H and O–H groups in total. The second-order valence-electron chi connectivity index (χ2n) is 6.76. The number of aryl methyl sites for hydroxylation is 1.